The van der Waals surface area contributed by atoms with Crippen LogP contribution in [-0.2, 0) is 6.54 Å². The van der Waals surface area contributed by atoms with Crippen molar-refractivity contribution in [1.29, 1.82) is 0 Å². The van der Waals surface area contributed by atoms with E-state index in [1.807, 2.05) is 17.8 Å². The first-order valence-corrected chi connectivity index (χ1v) is 3.86. The summed E-state index contributed by atoms with van der Waals surface area (Å²) >= 11 is 0. The Kier molecular flexibility index (Phi) is 2.52. The lowest BCUT2D eigenvalue weighted by atomic mass is 10.4. The van der Waals surface area contributed by atoms with E-state index in [2.05, 4.69) is 12.0 Å². The predicted molar refractivity (Wildman–Crippen MR) is 43.8 cm³/mol. The number of hydrogen-bond acceptors (Lipinski definition) is 2. The van der Waals surface area contributed by atoms with Crippen LogP contribution in [0, 0.1) is 6.92 Å². The highest BCUT2D eigenvalue weighted by molar-refractivity contribution is 5.21. The Bertz CT molecular complexity index is 230. The Morgan fingerprint density at radius 3 is 2.91 bits per heavy atom. The van der Waals surface area contributed by atoms with Crippen molar-refractivity contribution in [2.24, 2.45) is 0 Å². The monoisotopic (exact) mass is 154 g/mol. The molecule has 1 aromatic heterocycles. The second kappa shape index (κ2) is 3.42. The highest BCUT2D eigenvalue weighted by atomic mass is 16.5. The maximum absolute atomic E-state index is 5.17. The van der Waals surface area contributed by atoms with Crippen LogP contribution in [-0.4, -0.2) is 16.9 Å². The first-order valence-electron chi connectivity index (χ1n) is 3.86. The number of aromatic nitrogens is 2. The van der Waals surface area contributed by atoms with Gasteiger partial charge in [0.2, 0.25) is 5.88 Å². The van der Waals surface area contributed by atoms with Crippen LogP contribution in [0.15, 0.2) is 6.20 Å². The van der Waals surface area contributed by atoms with Gasteiger partial charge in [-0.1, -0.05) is 6.92 Å². The largest absolute Gasteiger partial charge is 0.481 e. The lowest BCUT2D eigenvalue weighted by Gasteiger charge is -2.04. The van der Waals surface area contributed by atoms with Crippen molar-refractivity contribution in [3.63, 3.8) is 0 Å². The molecule has 3 nitrogen and oxygen atoms in total. The highest BCUT2D eigenvalue weighted by Gasteiger charge is 2.04. The molecule has 0 amide bonds. The molecular weight excluding hydrogens is 140 g/mol. The van der Waals surface area contributed by atoms with Crippen LogP contribution in [0.2, 0.25) is 0 Å². The number of ether oxygens (including phenoxy) is 1. The summed E-state index contributed by atoms with van der Waals surface area (Å²) in [5, 5.41) is 4.17. The van der Waals surface area contributed by atoms with Crippen LogP contribution in [0.5, 0.6) is 5.88 Å². The molecular formula is C8H14N2O. The third kappa shape index (κ3) is 1.53. The van der Waals surface area contributed by atoms with E-state index in [9.17, 15) is 0 Å². The second-order valence-electron chi connectivity index (χ2n) is 2.56. The fraction of sp³-hybridized carbons (Fsp3) is 0.625. The molecule has 0 fully saturated rings. The Labute approximate surface area is 67.0 Å². The number of aryl methyl sites for hydroxylation is 2. The average Bonchev–Trinajstić information content (AvgIpc) is 2.33. The maximum atomic E-state index is 5.17. The molecule has 62 valence electrons. The summed E-state index contributed by atoms with van der Waals surface area (Å²) in [6.07, 6.45) is 2.91. The fourth-order valence-corrected chi connectivity index (χ4v) is 1.10. The molecule has 1 aromatic rings. The molecule has 0 spiro atoms. The molecule has 0 N–H and O–H groups in total. The molecule has 1 rings (SSSR count). The number of hydrogen-bond donors (Lipinski definition) is 0. The minimum atomic E-state index is 0.881. The molecule has 0 aliphatic rings. The number of nitrogens with zero attached hydrogens (tertiary/aromatic N) is 2. The number of methoxy groups -OCH3 is 1. The molecule has 3 heteroatoms. The van der Waals surface area contributed by atoms with Gasteiger partial charge in [0, 0.05) is 12.1 Å². The zero-order valence-electron chi connectivity index (χ0n) is 7.29. The Morgan fingerprint density at radius 2 is 2.36 bits per heavy atom. The van der Waals surface area contributed by atoms with E-state index in [1.165, 1.54) is 0 Å². The highest BCUT2D eigenvalue weighted by Crippen LogP contribution is 2.15. The quantitative estimate of drug-likeness (QED) is 0.661. The summed E-state index contributed by atoms with van der Waals surface area (Å²) in [6.45, 7) is 5.05. The second-order valence-corrected chi connectivity index (χ2v) is 2.56. The van der Waals surface area contributed by atoms with E-state index in [0.29, 0.717) is 0 Å². The molecule has 0 bridgehead atoms. The summed E-state index contributed by atoms with van der Waals surface area (Å²) < 4.78 is 7.05. The van der Waals surface area contributed by atoms with Gasteiger partial charge in [0.25, 0.3) is 0 Å². The standard InChI is InChI=1S/C8H14N2O/c1-4-5-10-8(11-3)7(2)6-9-10/h6H,4-5H2,1-3H3. The van der Waals surface area contributed by atoms with Gasteiger partial charge in [0.15, 0.2) is 0 Å². The predicted octanol–water partition coefficient (Wildman–Crippen LogP) is 1.61. The molecule has 0 saturated carbocycles. The molecule has 1 heterocycles. The van der Waals surface area contributed by atoms with Gasteiger partial charge < -0.3 is 4.74 Å². The minimum Gasteiger partial charge on any atom is -0.481 e. The van der Waals surface area contributed by atoms with E-state index in [0.717, 1.165) is 24.4 Å². The first-order chi connectivity index (χ1) is 5.29. The van der Waals surface area contributed by atoms with Crippen LogP contribution in [0.4, 0.5) is 0 Å². The van der Waals surface area contributed by atoms with Crippen molar-refractivity contribution in [3.8, 4) is 5.88 Å². The topological polar surface area (TPSA) is 27.1 Å². The van der Waals surface area contributed by atoms with Gasteiger partial charge in [-0.05, 0) is 13.3 Å². The lowest BCUT2D eigenvalue weighted by Crippen LogP contribution is -2.01. The molecule has 0 saturated heterocycles. The van der Waals surface area contributed by atoms with Gasteiger partial charge in [0.05, 0.1) is 13.3 Å². The van der Waals surface area contributed by atoms with Gasteiger partial charge in [-0.3, -0.25) is 0 Å². The molecule has 0 aromatic carbocycles. The van der Waals surface area contributed by atoms with Crippen LogP contribution < -0.4 is 4.74 Å². The van der Waals surface area contributed by atoms with E-state index in [4.69, 9.17) is 4.74 Å². The maximum Gasteiger partial charge on any atom is 0.214 e. The van der Waals surface area contributed by atoms with Gasteiger partial charge in [-0.2, -0.15) is 5.10 Å². The zero-order chi connectivity index (χ0) is 8.27. The van der Waals surface area contributed by atoms with Crippen molar-refractivity contribution in [2.75, 3.05) is 7.11 Å². The third-order valence-electron chi connectivity index (χ3n) is 1.59. The van der Waals surface area contributed by atoms with Crippen LogP contribution >= 0.6 is 0 Å². The molecule has 11 heavy (non-hydrogen) atoms. The smallest absolute Gasteiger partial charge is 0.214 e. The summed E-state index contributed by atoms with van der Waals surface area (Å²) in [6, 6.07) is 0. The Balaban J connectivity index is 2.86. The van der Waals surface area contributed by atoms with Crippen molar-refractivity contribution < 1.29 is 4.74 Å². The summed E-state index contributed by atoms with van der Waals surface area (Å²) in [7, 11) is 1.68. The summed E-state index contributed by atoms with van der Waals surface area (Å²) in [5.74, 6) is 0.881. The van der Waals surface area contributed by atoms with Crippen LogP contribution in [0.1, 0.15) is 18.9 Å². The minimum absolute atomic E-state index is 0.881. The normalized spacial score (nSPS) is 10.1. The van der Waals surface area contributed by atoms with Crippen LogP contribution in [0.25, 0.3) is 0 Å². The van der Waals surface area contributed by atoms with Crippen molar-refractivity contribution in [2.45, 2.75) is 26.8 Å². The van der Waals surface area contributed by atoms with Gasteiger partial charge in [-0.25, -0.2) is 4.68 Å². The molecule has 0 unspecified atom stereocenters. The Morgan fingerprint density at radius 1 is 1.64 bits per heavy atom. The van der Waals surface area contributed by atoms with E-state index < -0.39 is 0 Å². The van der Waals surface area contributed by atoms with Crippen molar-refractivity contribution >= 4 is 0 Å². The lowest BCUT2D eigenvalue weighted by molar-refractivity contribution is 0.356. The average molecular weight is 154 g/mol. The first kappa shape index (κ1) is 8.11. The fourth-order valence-electron chi connectivity index (χ4n) is 1.10. The van der Waals surface area contributed by atoms with Crippen LogP contribution in [0.3, 0.4) is 0 Å². The van der Waals surface area contributed by atoms with E-state index in [-0.39, 0.29) is 0 Å². The van der Waals surface area contributed by atoms with E-state index in [1.54, 1.807) is 7.11 Å². The SMILES string of the molecule is CCCn1ncc(C)c1OC. The third-order valence-corrected chi connectivity index (χ3v) is 1.59. The summed E-state index contributed by atoms with van der Waals surface area (Å²) in [5.41, 5.74) is 1.10. The van der Waals surface area contributed by atoms with Crippen molar-refractivity contribution in [3.05, 3.63) is 11.8 Å². The zero-order valence-corrected chi connectivity index (χ0v) is 7.29. The molecule has 0 atom stereocenters. The molecule has 0 radical (unpaired) electrons. The van der Waals surface area contributed by atoms with Gasteiger partial charge in [-0.15, -0.1) is 0 Å². The molecule has 0 aliphatic carbocycles. The molecule has 0 aliphatic heterocycles. The van der Waals surface area contributed by atoms with E-state index >= 15 is 0 Å². The Hall–Kier alpha value is -0.990. The number of rotatable bonds is 3. The van der Waals surface area contributed by atoms with Gasteiger partial charge >= 0.3 is 0 Å². The summed E-state index contributed by atoms with van der Waals surface area (Å²) in [4.78, 5) is 0. The van der Waals surface area contributed by atoms with Gasteiger partial charge in [0.1, 0.15) is 0 Å². The van der Waals surface area contributed by atoms with Crippen molar-refractivity contribution in [1.82, 2.24) is 9.78 Å².